The molecule has 6 nitrogen and oxygen atoms in total. The third-order valence-electron chi connectivity index (χ3n) is 3.02. The van der Waals surface area contributed by atoms with Crippen LogP contribution in [0.25, 0.3) is 0 Å². The molecule has 1 aliphatic rings. The predicted molar refractivity (Wildman–Crippen MR) is 75.2 cm³/mol. The number of hydrogen-bond donors (Lipinski definition) is 2. The summed E-state index contributed by atoms with van der Waals surface area (Å²) in [6.07, 6.45) is 0.603. The molecular weight excluding hydrogens is 260 g/mol. The molecule has 1 heterocycles. The number of nitrogens with zero attached hydrogens (tertiary/aromatic N) is 1. The average molecular weight is 286 g/mol. The van der Waals surface area contributed by atoms with Crippen molar-refractivity contribution < 1.29 is 19.4 Å². The fourth-order valence-electron chi connectivity index (χ4n) is 2.08. The van der Waals surface area contributed by atoms with Gasteiger partial charge in [-0.25, -0.2) is 4.79 Å². The Labute approximate surface area is 120 Å². The van der Waals surface area contributed by atoms with Crippen LogP contribution in [0.5, 0.6) is 0 Å². The lowest BCUT2D eigenvalue weighted by Gasteiger charge is -2.33. The van der Waals surface area contributed by atoms with Crippen molar-refractivity contribution in [3.8, 4) is 0 Å². The number of likely N-dealkylation sites (tertiary alicyclic amines) is 1. The highest BCUT2D eigenvalue weighted by atomic mass is 16.6. The highest BCUT2D eigenvalue weighted by molar-refractivity contribution is 5.80. The van der Waals surface area contributed by atoms with Gasteiger partial charge in [0.1, 0.15) is 5.60 Å². The van der Waals surface area contributed by atoms with E-state index in [2.05, 4.69) is 5.32 Å². The second-order valence-electron chi connectivity index (χ2n) is 6.36. The molecule has 2 unspecified atom stereocenters. The first-order valence-electron chi connectivity index (χ1n) is 7.13. The van der Waals surface area contributed by atoms with E-state index in [9.17, 15) is 9.59 Å². The van der Waals surface area contributed by atoms with Crippen molar-refractivity contribution >= 4 is 12.0 Å². The van der Waals surface area contributed by atoms with E-state index in [1.165, 1.54) is 0 Å². The first kappa shape index (κ1) is 16.8. The van der Waals surface area contributed by atoms with Gasteiger partial charge in [0.25, 0.3) is 0 Å². The van der Waals surface area contributed by atoms with Gasteiger partial charge in [-0.05, 0) is 40.5 Å². The maximum atomic E-state index is 12.0. The second kappa shape index (κ2) is 6.92. The minimum absolute atomic E-state index is 0.112. The van der Waals surface area contributed by atoms with Crippen LogP contribution in [0, 0.1) is 5.92 Å². The summed E-state index contributed by atoms with van der Waals surface area (Å²) in [7, 11) is 0. The third kappa shape index (κ3) is 5.77. The van der Waals surface area contributed by atoms with Crippen molar-refractivity contribution in [3.63, 3.8) is 0 Å². The van der Waals surface area contributed by atoms with Gasteiger partial charge in [-0.1, -0.05) is 0 Å². The van der Waals surface area contributed by atoms with Gasteiger partial charge in [-0.15, -0.1) is 0 Å². The Bertz CT molecular complexity index is 350. The first-order chi connectivity index (χ1) is 9.19. The molecule has 0 radical (unpaired) electrons. The minimum Gasteiger partial charge on any atom is -0.444 e. The van der Waals surface area contributed by atoms with Crippen LogP contribution in [0.3, 0.4) is 0 Å². The van der Waals surface area contributed by atoms with Gasteiger partial charge in [-0.3, -0.25) is 4.79 Å². The van der Waals surface area contributed by atoms with Crippen LogP contribution < -0.4 is 5.32 Å². The van der Waals surface area contributed by atoms with Crippen LogP contribution in [-0.4, -0.2) is 53.3 Å². The number of rotatable bonds is 3. The number of nitrogens with one attached hydrogen (secondary N) is 1. The molecule has 2 atom stereocenters. The zero-order chi connectivity index (χ0) is 15.3. The van der Waals surface area contributed by atoms with E-state index in [0.717, 1.165) is 12.8 Å². The van der Waals surface area contributed by atoms with Crippen LogP contribution in [0.1, 0.15) is 40.5 Å². The fraction of sp³-hybridized carbons (Fsp3) is 0.857. The Balaban J connectivity index is 2.49. The van der Waals surface area contributed by atoms with Crippen LogP contribution in [-0.2, 0) is 9.53 Å². The summed E-state index contributed by atoms with van der Waals surface area (Å²) in [4.78, 5) is 25.5. The summed E-state index contributed by atoms with van der Waals surface area (Å²) < 4.78 is 5.32. The van der Waals surface area contributed by atoms with Crippen molar-refractivity contribution in [1.82, 2.24) is 10.2 Å². The van der Waals surface area contributed by atoms with Gasteiger partial charge in [0, 0.05) is 19.6 Å². The topological polar surface area (TPSA) is 78.9 Å². The number of aliphatic hydroxyl groups is 1. The molecule has 0 bridgehead atoms. The minimum atomic E-state index is -0.565. The predicted octanol–water partition coefficient (Wildman–Crippen LogP) is 1.13. The molecule has 0 aromatic carbocycles. The molecular formula is C14H26N2O4. The highest BCUT2D eigenvalue weighted by Gasteiger charge is 2.30. The number of carbonyl (C=O) groups is 2. The van der Waals surface area contributed by atoms with E-state index in [1.807, 2.05) is 20.8 Å². The van der Waals surface area contributed by atoms with Gasteiger partial charge >= 0.3 is 6.09 Å². The first-order valence-corrected chi connectivity index (χ1v) is 7.13. The Morgan fingerprint density at radius 3 is 2.65 bits per heavy atom. The molecule has 2 amide bonds. The van der Waals surface area contributed by atoms with Crippen molar-refractivity contribution in [1.29, 1.82) is 0 Å². The molecule has 1 fully saturated rings. The van der Waals surface area contributed by atoms with Crippen molar-refractivity contribution in [2.45, 2.75) is 52.2 Å². The summed E-state index contributed by atoms with van der Waals surface area (Å²) in [6, 6.07) is 0. The van der Waals surface area contributed by atoms with Gasteiger partial charge in [0.05, 0.1) is 12.0 Å². The Morgan fingerprint density at radius 2 is 2.10 bits per heavy atom. The summed E-state index contributed by atoms with van der Waals surface area (Å²) >= 11 is 0. The zero-order valence-electron chi connectivity index (χ0n) is 12.8. The normalized spacial score (nSPS) is 21.2. The van der Waals surface area contributed by atoms with E-state index in [0.29, 0.717) is 13.1 Å². The number of aliphatic hydroxyl groups excluding tert-OH is 1. The van der Waals surface area contributed by atoms with Gasteiger partial charge in [0.15, 0.2) is 0 Å². The van der Waals surface area contributed by atoms with Crippen molar-refractivity contribution in [3.05, 3.63) is 0 Å². The van der Waals surface area contributed by atoms with Crippen LogP contribution in [0.2, 0.25) is 0 Å². The summed E-state index contributed by atoms with van der Waals surface area (Å²) in [5, 5.41) is 11.9. The molecule has 116 valence electrons. The molecule has 1 saturated heterocycles. The van der Waals surface area contributed by atoms with E-state index >= 15 is 0 Å². The lowest BCUT2D eigenvalue weighted by Crippen LogP contribution is -2.47. The van der Waals surface area contributed by atoms with E-state index < -0.39 is 11.7 Å². The smallest absolute Gasteiger partial charge is 0.410 e. The monoisotopic (exact) mass is 286 g/mol. The number of hydrogen-bond acceptors (Lipinski definition) is 4. The lowest BCUT2D eigenvalue weighted by atomic mass is 9.97. The quantitative estimate of drug-likeness (QED) is 0.815. The largest absolute Gasteiger partial charge is 0.444 e. The molecule has 0 aromatic rings. The Morgan fingerprint density at radius 1 is 1.45 bits per heavy atom. The maximum Gasteiger partial charge on any atom is 0.410 e. The van der Waals surface area contributed by atoms with E-state index in [1.54, 1.807) is 11.8 Å². The number of amides is 2. The molecule has 0 aromatic heterocycles. The molecule has 0 aliphatic carbocycles. The number of piperidine rings is 1. The Kier molecular flexibility index (Phi) is 5.80. The SMILES string of the molecule is CC(O)CNC(=O)C1CCCN(C(=O)OC(C)(C)C)C1. The molecule has 2 N–H and O–H groups in total. The molecule has 1 aliphatic heterocycles. The van der Waals surface area contributed by atoms with Gasteiger partial charge in [0.2, 0.25) is 5.91 Å². The second-order valence-corrected chi connectivity index (χ2v) is 6.36. The van der Waals surface area contributed by atoms with Gasteiger partial charge in [-0.2, -0.15) is 0 Å². The van der Waals surface area contributed by atoms with Crippen LogP contribution in [0.15, 0.2) is 0 Å². The molecule has 0 spiro atoms. The molecule has 20 heavy (non-hydrogen) atoms. The Hall–Kier alpha value is -1.30. The average Bonchev–Trinajstić information content (AvgIpc) is 2.34. The fourth-order valence-corrected chi connectivity index (χ4v) is 2.08. The number of carbonyl (C=O) groups excluding carboxylic acids is 2. The lowest BCUT2D eigenvalue weighted by molar-refractivity contribution is -0.126. The van der Waals surface area contributed by atoms with Crippen molar-refractivity contribution in [2.75, 3.05) is 19.6 Å². The van der Waals surface area contributed by atoms with E-state index in [-0.39, 0.29) is 24.5 Å². The molecule has 1 rings (SSSR count). The third-order valence-corrected chi connectivity index (χ3v) is 3.02. The van der Waals surface area contributed by atoms with Crippen LogP contribution >= 0.6 is 0 Å². The number of ether oxygens (including phenoxy) is 1. The molecule has 0 saturated carbocycles. The van der Waals surface area contributed by atoms with Crippen LogP contribution in [0.4, 0.5) is 4.79 Å². The summed E-state index contributed by atoms with van der Waals surface area (Å²) in [6.45, 7) is 8.32. The van der Waals surface area contributed by atoms with Gasteiger partial charge < -0.3 is 20.1 Å². The zero-order valence-corrected chi connectivity index (χ0v) is 12.8. The van der Waals surface area contributed by atoms with E-state index in [4.69, 9.17) is 9.84 Å². The summed E-state index contributed by atoms with van der Waals surface area (Å²) in [5.41, 5.74) is -0.529. The summed E-state index contributed by atoms with van der Waals surface area (Å²) in [5.74, 6) is -0.339. The standard InChI is InChI=1S/C14H26N2O4/c1-10(17)8-15-12(18)11-6-5-7-16(9-11)13(19)20-14(2,3)4/h10-11,17H,5-9H2,1-4H3,(H,15,18). The molecule has 6 heteroatoms. The highest BCUT2D eigenvalue weighted by Crippen LogP contribution is 2.19. The maximum absolute atomic E-state index is 12.0. The van der Waals surface area contributed by atoms with Crippen molar-refractivity contribution in [2.24, 2.45) is 5.92 Å².